The Morgan fingerprint density at radius 3 is 2.88 bits per heavy atom. The van der Waals surface area contributed by atoms with Gasteiger partial charge in [-0.15, -0.1) is 11.3 Å². The van der Waals surface area contributed by atoms with Crippen LogP contribution in [0.3, 0.4) is 0 Å². The van der Waals surface area contributed by atoms with E-state index in [0.29, 0.717) is 17.4 Å². The molecule has 3 rings (SSSR count). The van der Waals surface area contributed by atoms with Crippen LogP contribution in [0.25, 0.3) is 11.4 Å². The molecular formula is C16H15N5O2S. The Labute approximate surface area is 142 Å². The fourth-order valence-corrected chi connectivity index (χ4v) is 2.77. The van der Waals surface area contributed by atoms with Crippen LogP contribution in [0.1, 0.15) is 23.8 Å². The Hall–Kier alpha value is -2.87. The summed E-state index contributed by atoms with van der Waals surface area (Å²) in [5.41, 5.74) is 1.39. The third-order valence-electron chi connectivity index (χ3n) is 3.19. The Morgan fingerprint density at radius 2 is 2.12 bits per heavy atom. The van der Waals surface area contributed by atoms with Crippen molar-refractivity contribution in [2.24, 2.45) is 0 Å². The van der Waals surface area contributed by atoms with Gasteiger partial charge in [-0.25, -0.2) is 9.67 Å². The number of anilines is 1. The van der Waals surface area contributed by atoms with E-state index >= 15 is 0 Å². The summed E-state index contributed by atoms with van der Waals surface area (Å²) in [4.78, 5) is 32.5. The van der Waals surface area contributed by atoms with E-state index in [9.17, 15) is 9.59 Å². The van der Waals surface area contributed by atoms with E-state index in [-0.39, 0.29) is 11.3 Å². The largest absolute Gasteiger partial charge is 0.296 e. The highest BCUT2D eigenvalue weighted by Crippen LogP contribution is 2.23. The molecule has 0 aliphatic rings. The molecule has 1 amide bonds. The second-order valence-electron chi connectivity index (χ2n) is 4.99. The van der Waals surface area contributed by atoms with Crippen molar-refractivity contribution >= 4 is 22.4 Å². The van der Waals surface area contributed by atoms with Crippen LogP contribution >= 0.6 is 11.3 Å². The first-order valence-corrected chi connectivity index (χ1v) is 8.32. The molecule has 0 aliphatic carbocycles. The Morgan fingerprint density at radius 1 is 1.25 bits per heavy atom. The monoisotopic (exact) mass is 341 g/mol. The molecule has 7 nitrogen and oxygen atoms in total. The lowest BCUT2D eigenvalue weighted by molar-refractivity contribution is 0.101. The van der Waals surface area contributed by atoms with Crippen molar-refractivity contribution in [1.82, 2.24) is 19.7 Å². The average molecular weight is 341 g/mol. The van der Waals surface area contributed by atoms with Crippen molar-refractivity contribution in [2.75, 3.05) is 5.32 Å². The second-order valence-corrected chi connectivity index (χ2v) is 5.85. The average Bonchev–Trinajstić information content (AvgIpc) is 3.06. The predicted octanol–water partition coefficient (Wildman–Crippen LogP) is 2.42. The zero-order valence-electron chi connectivity index (χ0n) is 13.0. The lowest BCUT2D eigenvalue weighted by Crippen LogP contribution is -2.26. The number of pyridine rings is 1. The number of amides is 1. The normalized spacial score (nSPS) is 10.5. The number of hydrogen-bond donors (Lipinski definition) is 1. The van der Waals surface area contributed by atoms with Gasteiger partial charge in [-0.1, -0.05) is 13.0 Å². The van der Waals surface area contributed by atoms with Crippen LogP contribution < -0.4 is 10.9 Å². The minimum atomic E-state index is -0.401. The van der Waals surface area contributed by atoms with Crippen molar-refractivity contribution in [2.45, 2.75) is 19.9 Å². The maximum atomic E-state index is 12.3. The molecule has 8 heteroatoms. The molecule has 0 atom stereocenters. The van der Waals surface area contributed by atoms with E-state index in [2.05, 4.69) is 20.4 Å². The lowest BCUT2D eigenvalue weighted by Gasteiger charge is -2.05. The summed E-state index contributed by atoms with van der Waals surface area (Å²) in [6.07, 6.45) is 2.45. The van der Waals surface area contributed by atoms with Gasteiger partial charge in [0.25, 0.3) is 11.5 Å². The summed E-state index contributed by atoms with van der Waals surface area (Å²) in [5, 5.41) is 9.06. The smallest absolute Gasteiger partial charge is 0.277 e. The molecule has 0 bridgehead atoms. The third-order valence-corrected chi connectivity index (χ3v) is 3.94. The number of nitrogens with one attached hydrogen (secondary N) is 1. The summed E-state index contributed by atoms with van der Waals surface area (Å²) in [6, 6.07) is 8.31. The van der Waals surface area contributed by atoms with Gasteiger partial charge in [-0.2, -0.15) is 5.10 Å². The summed E-state index contributed by atoms with van der Waals surface area (Å²) >= 11 is 1.31. The number of aromatic nitrogens is 4. The lowest BCUT2D eigenvalue weighted by atomic mass is 10.3. The first-order chi connectivity index (χ1) is 11.7. The SMILES string of the molecule is CCCn1nc(C(=O)Nc2nc(-c3ccccn3)cs2)ccc1=O. The number of rotatable bonds is 5. The van der Waals surface area contributed by atoms with Gasteiger partial charge in [0.05, 0.1) is 5.69 Å². The number of carbonyl (C=O) groups is 1. The number of carbonyl (C=O) groups excluding carboxylic acids is 1. The molecule has 3 aromatic rings. The van der Waals surface area contributed by atoms with Crippen LogP contribution in [0, 0.1) is 0 Å². The molecule has 122 valence electrons. The summed E-state index contributed by atoms with van der Waals surface area (Å²) in [7, 11) is 0. The minimum Gasteiger partial charge on any atom is -0.296 e. The van der Waals surface area contributed by atoms with Crippen LogP contribution in [-0.2, 0) is 6.54 Å². The third kappa shape index (κ3) is 3.54. The zero-order chi connectivity index (χ0) is 16.9. The van der Waals surface area contributed by atoms with Gasteiger partial charge >= 0.3 is 0 Å². The van der Waals surface area contributed by atoms with Crippen LogP contribution in [0.5, 0.6) is 0 Å². The Bertz CT molecular complexity index is 904. The van der Waals surface area contributed by atoms with E-state index < -0.39 is 5.91 Å². The fourth-order valence-electron chi connectivity index (χ4n) is 2.07. The topological polar surface area (TPSA) is 89.8 Å². The van der Waals surface area contributed by atoms with Crippen LogP contribution in [0.15, 0.2) is 46.7 Å². The summed E-state index contributed by atoms with van der Waals surface area (Å²) < 4.78 is 1.29. The van der Waals surface area contributed by atoms with Crippen molar-refractivity contribution in [3.05, 3.63) is 58.0 Å². The van der Waals surface area contributed by atoms with Gasteiger partial charge in [0, 0.05) is 24.2 Å². The highest BCUT2D eigenvalue weighted by molar-refractivity contribution is 7.14. The number of aryl methyl sites for hydroxylation is 1. The zero-order valence-corrected chi connectivity index (χ0v) is 13.8. The maximum absolute atomic E-state index is 12.3. The van der Waals surface area contributed by atoms with Crippen molar-refractivity contribution in [1.29, 1.82) is 0 Å². The molecule has 1 N–H and O–H groups in total. The molecule has 3 aromatic heterocycles. The summed E-state index contributed by atoms with van der Waals surface area (Å²) in [6.45, 7) is 2.41. The highest BCUT2D eigenvalue weighted by atomic mass is 32.1. The van der Waals surface area contributed by atoms with Crippen molar-refractivity contribution in [3.8, 4) is 11.4 Å². The van der Waals surface area contributed by atoms with Gasteiger partial charge < -0.3 is 0 Å². The molecule has 0 aromatic carbocycles. The fraction of sp³-hybridized carbons (Fsp3) is 0.188. The molecule has 24 heavy (non-hydrogen) atoms. The quantitative estimate of drug-likeness (QED) is 0.770. The molecular weight excluding hydrogens is 326 g/mol. The van der Waals surface area contributed by atoms with Gasteiger partial charge in [0.1, 0.15) is 11.4 Å². The molecule has 0 spiro atoms. The van der Waals surface area contributed by atoms with Crippen LogP contribution in [0.2, 0.25) is 0 Å². The van der Waals surface area contributed by atoms with Crippen LogP contribution in [-0.4, -0.2) is 25.7 Å². The van der Waals surface area contributed by atoms with E-state index in [0.717, 1.165) is 12.1 Å². The number of thiazole rings is 1. The highest BCUT2D eigenvalue weighted by Gasteiger charge is 2.13. The van der Waals surface area contributed by atoms with Crippen molar-refractivity contribution < 1.29 is 4.79 Å². The van der Waals surface area contributed by atoms with Gasteiger partial charge in [0.15, 0.2) is 5.13 Å². The molecule has 0 unspecified atom stereocenters. The maximum Gasteiger partial charge on any atom is 0.277 e. The van der Waals surface area contributed by atoms with Crippen molar-refractivity contribution in [3.63, 3.8) is 0 Å². The molecule has 0 radical (unpaired) electrons. The number of hydrogen-bond acceptors (Lipinski definition) is 6. The second kappa shape index (κ2) is 7.14. The predicted molar refractivity (Wildman–Crippen MR) is 92.1 cm³/mol. The first-order valence-electron chi connectivity index (χ1n) is 7.44. The molecule has 0 aliphatic heterocycles. The standard InChI is InChI=1S/C16H15N5O2S/c1-2-9-21-14(22)7-6-12(20-21)15(23)19-16-18-13(10-24-16)11-5-3-4-8-17-11/h3-8,10H,2,9H2,1H3,(H,18,19,23). The van der Waals surface area contributed by atoms with E-state index in [1.54, 1.807) is 6.20 Å². The minimum absolute atomic E-state index is 0.178. The molecule has 3 heterocycles. The molecule has 0 saturated heterocycles. The van der Waals surface area contributed by atoms with Gasteiger partial charge in [-0.05, 0) is 24.6 Å². The van der Waals surface area contributed by atoms with E-state index in [1.807, 2.05) is 30.5 Å². The number of nitrogens with zero attached hydrogens (tertiary/aromatic N) is 4. The first kappa shape index (κ1) is 16.0. The van der Waals surface area contributed by atoms with E-state index in [4.69, 9.17) is 0 Å². The molecule has 0 fully saturated rings. The van der Waals surface area contributed by atoms with E-state index in [1.165, 1.54) is 28.2 Å². The summed E-state index contributed by atoms with van der Waals surface area (Å²) in [5.74, 6) is -0.401. The Kier molecular flexibility index (Phi) is 4.76. The van der Waals surface area contributed by atoms with Crippen LogP contribution in [0.4, 0.5) is 5.13 Å². The van der Waals surface area contributed by atoms with Gasteiger partial charge in [-0.3, -0.25) is 19.9 Å². The molecule has 0 saturated carbocycles. The van der Waals surface area contributed by atoms with Gasteiger partial charge in [0.2, 0.25) is 0 Å². The Balaban J connectivity index is 1.77.